The molecule has 2 amide bonds. The molecular weight excluding hydrogens is 606 g/mol. The van der Waals surface area contributed by atoms with Crippen LogP contribution in [-0.4, -0.2) is 44.3 Å². The third kappa shape index (κ3) is 9.19. The van der Waals surface area contributed by atoms with E-state index < -0.39 is 28.5 Å². The zero-order chi connectivity index (χ0) is 32.6. The number of amides is 2. The first-order valence-corrected chi connectivity index (χ1v) is 16.8. The van der Waals surface area contributed by atoms with Gasteiger partial charge in [0, 0.05) is 24.5 Å². The van der Waals surface area contributed by atoms with Crippen LogP contribution in [0.15, 0.2) is 108 Å². The summed E-state index contributed by atoms with van der Waals surface area (Å²) in [6.45, 7) is 7.73. The molecular formula is C36H40ClN3O4S. The Hall–Kier alpha value is -4.14. The monoisotopic (exact) mass is 645 g/mol. The van der Waals surface area contributed by atoms with Crippen LogP contribution in [0.3, 0.4) is 0 Å². The highest BCUT2D eigenvalue weighted by Gasteiger charge is 2.34. The van der Waals surface area contributed by atoms with E-state index in [-0.39, 0.29) is 29.7 Å². The summed E-state index contributed by atoms with van der Waals surface area (Å²) in [5, 5.41) is 3.49. The summed E-state index contributed by atoms with van der Waals surface area (Å²) in [7, 11) is -4.16. The fraction of sp³-hybridized carbons (Fsp3) is 0.278. The van der Waals surface area contributed by atoms with Crippen molar-refractivity contribution in [2.24, 2.45) is 5.92 Å². The summed E-state index contributed by atoms with van der Waals surface area (Å²) in [5.41, 5.74) is 3.67. The van der Waals surface area contributed by atoms with Gasteiger partial charge in [0.05, 0.1) is 10.6 Å². The Kier molecular flexibility index (Phi) is 11.4. The number of hydrogen-bond acceptors (Lipinski definition) is 4. The minimum absolute atomic E-state index is 0.0536. The normalized spacial score (nSPS) is 12.0. The van der Waals surface area contributed by atoms with E-state index in [2.05, 4.69) is 5.32 Å². The molecule has 0 fully saturated rings. The van der Waals surface area contributed by atoms with Gasteiger partial charge in [-0.05, 0) is 78.4 Å². The third-order valence-electron chi connectivity index (χ3n) is 7.30. The minimum atomic E-state index is -4.16. The molecule has 0 unspecified atom stereocenters. The smallest absolute Gasteiger partial charge is 0.264 e. The molecule has 236 valence electrons. The van der Waals surface area contributed by atoms with Gasteiger partial charge in [-0.3, -0.25) is 13.9 Å². The van der Waals surface area contributed by atoms with Crippen LogP contribution in [0.25, 0.3) is 0 Å². The van der Waals surface area contributed by atoms with Gasteiger partial charge in [-0.2, -0.15) is 0 Å². The van der Waals surface area contributed by atoms with Gasteiger partial charge < -0.3 is 10.2 Å². The number of benzene rings is 4. The fourth-order valence-corrected chi connectivity index (χ4v) is 6.78. The van der Waals surface area contributed by atoms with Crippen molar-refractivity contribution < 1.29 is 18.0 Å². The van der Waals surface area contributed by atoms with Crippen molar-refractivity contribution in [3.05, 3.63) is 130 Å². The first kappa shape index (κ1) is 33.7. The Morgan fingerprint density at radius 1 is 0.800 bits per heavy atom. The number of carbonyl (C=O) groups is 2. The molecule has 1 N–H and O–H groups in total. The predicted octanol–water partition coefficient (Wildman–Crippen LogP) is 6.56. The van der Waals surface area contributed by atoms with Crippen LogP contribution in [0.1, 0.15) is 36.1 Å². The van der Waals surface area contributed by atoms with Crippen LogP contribution in [0.2, 0.25) is 5.02 Å². The molecule has 0 saturated heterocycles. The average molecular weight is 646 g/mol. The lowest BCUT2D eigenvalue weighted by atomic mass is 10.0. The van der Waals surface area contributed by atoms with Crippen molar-refractivity contribution >= 4 is 39.1 Å². The number of halogens is 1. The molecule has 0 saturated carbocycles. The molecule has 9 heteroatoms. The lowest BCUT2D eigenvalue weighted by Gasteiger charge is -2.34. The molecule has 4 rings (SSSR count). The third-order valence-corrected chi connectivity index (χ3v) is 9.33. The first-order chi connectivity index (χ1) is 21.4. The van der Waals surface area contributed by atoms with Gasteiger partial charge >= 0.3 is 0 Å². The molecule has 4 aromatic carbocycles. The molecule has 0 aliphatic heterocycles. The highest BCUT2D eigenvalue weighted by atomic mass is 35.5. The van der Waals surface area contributed by atoms with Gasteiger partial charge in [-0.25, -0.2) is 8.42 Å². The molecule has 1 atom stereocenters. The van der Waals surface area contributed by atoms with Gasteiger partial charge in [0.25, 0.3) is 10.0 Å². The van der Waals surface area contributed by atoms with Crippen LogP contribution < -0.4 is 9.62 Å². The van der Waals surface area contributed by atoms with Gasteiger partial charge in [-0.15, -0.1) is 0 Å². The molecule has 0 radical (unpaired) electrons. The molecule has 0 aliphatic carbocycles. The van der Waals surface area contributed by atoms with Crippen LogP contribution in [-0.2, 0) is 32.6 Å². The lowest BCUT2D eigenvalue weighted by Crippen LogP contribution is -2.53. The molecule has 0 bridgehead atoms. The van der Waals surface area contributed by atoms with Crippen LogP contribution in [0.4, 0.5) is 5.69 Å². The molecule has 45 heavy (non-hydrogen) atoms. The second-order valence-corrected chi connectivity index (χ2v) is 14.0. The predicted molar refractivity (Wildman–Crippen MR) is 181 cm³/mol. The summed E-state index contributed by atoms with van der Waals surface area (Å²) in [6.07, 6.45) is 0.242. The number of nitrogens with one attached hydrogen (secondary N) is 1. The maximum Gasteiger partial charge on any atom is 0.264 e. The van der Waals surface area contributed by atoms with Crippen molar-refractivity contribution in [3.63, 3.8) is 0 Å². The Morgan fingerprint density at radius 3 is 2.00 bits per heavy atom. The maximum atomic E-state index is 14.5. The van der Waals surface area contributed by atoms with Crippen molar-refractivity contribution in [1.29, 1.82) is 0 Å². The lowest BCUT2D eigenvalue weighted by molar-refractivity contribution is -0.140. The molecule has 0 heterocycles. The molecule has 0 aliphatic rings. The quantitative estimate of drug-likeness (QED) is 0.178. The molecule has 0 aromatic heterocycles. The Labute approximate surface area is 271 Å². The Balaban J connectivity index is 1.82. The van der Waals surface area contributed by atoms with E-state index >= 15 is 0 Å². The van der Waals surface area contributed by atoms with Gasteiger partial charge in [0.15, 0.2) is 0 Å². The number of rotatable bonds is 13. The Bertz CT molecular complexity index is 1690. The summed E-state index contributed by atoms with van der Waals surface area (Å²) in [6, 6.07) is 29.2. The van der Waals surface area contributed by atoms with E-state index in [1.54, 1.807) is 48.5 Å². The highest BCUT2D eigenvalue weighted by Crippen LogP contribution is 2.27. The summed E-state index contributed by atoms with van der Waals surface area (Å²) < 4.78 is 29.4. The minimum Gasteiger partial charge on any atom is -0.354 e. The largest absolute Gasteiger partial charge is 0.354 e. The Morgan fingerprint density at radius 2 is 1.40 bits per heavy atom. The zero-order valence-corrected chi connectivity index (χ0v) is 27.7. The number of carbonyl (C=O) groups excluding carboxylic acids is 2. The topological polar surface area (TPSA) is 86.8 Å². The number of aryl methyl sites for hydroxylation is 2. The standard InChI is InChI=1S/C36H40ClN3O4S/c1-26(2)23-38-36(42)34(22-29-12-7-5-8-13-29)39(24-30-14-11-15-31(37)21-30)35(41)25-40(32-19-27(3)18-28(4)20-32)45(43,44)33-16-9-6-10-17-33/h5-21,26,34H,22-25H2,1-4H3,(H,38,42)/t34-/m0/s1. The van der Waals surface area contributed by atoms with E-state index in [4.69, 9.17) is 11.6 Å². The van der Waals surface area contributed by atoms with Crippen molar-refractivity contribution in [2.45, 2.75) is 51.6 Å². The second kappa shape index (κ2) is 15.2. The van der Waals surface area contributed by atoms with Crippen LogP contribution >= 0.6 is 11.6 Å². The van der Waals surface area contributed by atoms with Crippen molar-refractivity contribution in [3.8, 4) is 0 Å². The van der Waals surface area contributed by atoms with Gasteiger partial charge in [-0.1, -0.05) is 92.2 Å². The highest BCUT2D eigenvalue weighted by molar-refractivity contribution is 7.92. The van der Waals surface area contributed by atoms with E-state index in [0.29, 0.717) is 17.3 Å². The van der Waals surface area contributed by atoms with Crippen LogP contribution in [0, 0.1) is 19.8 Å². The van der Waals surface area contributed by atoms with E-state index in [1.165, 1.54) is 17.0 Å². The van der Waals surface area contributed by atoms with Crippen molar-refractivity contribution in [2.75, 3.05) is 17.4 Å². The molecule has 0 spiro atoms. The summed E-state index contributed by atoms with van der Waals surface area (Å²) in [4.78, 5) is 29.9. The number of anilines is 1. The van der Waals surface area contributed by atoms with Gasteiger partial charge in [0.1, 0.15) is 12.6 Å². The second-order valence-electron chi connectivity index (χ2n) is 11.7. The fourth-order valence-electron chi connectivity index (χ4n) is 5.15. The number of hydrogen-bond donors (Lipinski definition) is 1. The molecule has 7 nitrogen and oxygen atoms in total. The summed E-state index contributed by atoms with van der Waals surface area (Å²) >= 11 is 6.32. The van der Waals surface area contributed by atoms with E-state index in [0.717, 1.165) is 26.6 Å². The summed E-state index contributed by atoms with van der Waals surface area (Å²) in [5.74, 6) is -0.638. The maximum absolute atomic E-state index is 14.5. The van der Waals surface area contributed by atoms with E-state index in [1.807, 2.05) is 70.2 Å². The first-order valence-electron chi connectivity index (χ1n) is 15.0. The zero-order valence-electron chi connectivity index (χ0n) is 26.1. The van der Waals surface area contributed by atoms with Crippen molar-refractivity contribution in [1.82, 2.24) is 10.2 Å². The molecule has 4 aromatic rings. The van der Waals surface area contributed by atoms with Crippen LogP contribution in [0.5, 0.6) is 0 Å². The number of sulfonamides is 1. The number of nitrogens with zero attached hydrogens (tertiary/aromatic N) is 2. The SMILES string of the molecule is Cc1cc(C)cc(N(CC(=O)N(Cc2cccc(Cl)c2)[C@@H](Cc2ccccc2)C(=O)NCC(C)C)S(=O)(=O)c2ccccc2)c1. The van der Waals surface area contributed by atoms with Gasteiger partial charge in [0.2, 0.25) is 11.8 Å². The van der Waals surface area contributed by atoms with E-state index in [9.17, 15) is 18.0 Å². The average Bonchev–Trinajstić information content (AvgIpc) is 3.00.